The van der Waals surface area contributed by atoms with E-state index < -0.39 is 0 Å². The topological polar surface area (TPSA) is 64.1 Å². The van der Waals surface area contributed by atoms with E-state index in [1.807, 2.05) is 19.1 Å². The fourth-order valence-electron chi connectivity index (χ4n) is 0.907. The Morgan fingerprint density at radius 2 is 1.75 bits per heavy atom. The van der Waals surface area contributed by atoms with E-state index in [2.05, 4.69) is 24.1 Å². The first-order valence-electron chi connectivity index (χ1n) is 3.86. The summed E-state index contributed by atoms with van der Waals surface area (Å²) in [5, 5.41) is 0. The summed E-state index contributed by atoms with van der Waals surface area (Å²) >= 11 is 0. The molecule has 0 heterocycles. The highest BCUT2D eigenvalue weighted by atomic mass is 15.2. The molecule has 1 rings (SSSR count). The highest BCUT2D eigenvalue weighted by Gasteiger charge is 1.95. The third kappa shape index (κ3) is 2.53. The van der Waals surface area contributed by atoms with E-state index in [9.17, 15) is 0 Å². The number of nitrogens with one attached hydrogen (secondary N) is 1. The number of hydrogen-bond acceptors (Lipinski definition) is 3. The highest BCUT2D eigenvalue weighted by Crippen LogP contribution is 2.15. The summed E-state index contributed by atoms with van der Waals surface area (Å²) in [6, 6.07) is 6.01. The van der Waals surface area contributed by atoms with Crippen molar-refractivity contribution >= 4 is 5.69 Å². The Kier molecular flexibility index (Phi) is 5.08. The van der Waals surface area contributed by atoms with Crippen molar-refractivity contribution in [3.05, 3.63) is 29.3 Å². The predicted molar refractivity (Wildman–Crippen MR) is 53.8 cm³/mol. The van der Waals surface area contributed by atoms with Gasteiger partial charge in [-0.3, -0.25) is 5.84 Å². The first-order valence-corrected chi connectivity index (χ1v) is 3.86. The number of nitrogen functional groups attached to an aromatic ring is 1. The molecule has 0 aliphatic rings. The van der Waals surface area contributed by atoms with Crippen LogP contribution in [-0.4, -0.2) is 7.05 Å². The second-order valence-corrected chi connectivity index (χ2v) is 2.39. The Hall–Kier alpha value is -1.06. The van der Waals surface area contributed by atoms with E-state index in [-0.39, 0.29) is 0 Å². The van der Waals surface area contributed by atoms with Crippen LogP contribution in [0.5, 0.6) is 0 Å². The molecule has 0 saturated heterocycles. The molecule has 0 spiro atoms. The zero-order valence-electron chi connectivity index (χ0n) is 7.89. The van der Waals surface area contributed by atoms with Gasteiger partial charge in [0.15, 0.2) is 0 Å². The third-order valence-electron chi connectivity index (χ3n) is 1.76. The monoisotopic (exact) mass is 167 g/mol. The number of anilines is 1. The normalized spacial score (nSPS) is 8.42. The molecule has 12 heavy (non-hydrogen) atoms. The maximum Gasteiger partial charge on any atom is 0.0516 e. The summed E-state index contributed by atoms with van der Waals surface area (Å²) < 4.78 is 0. The van der Waals surface area contributed by atoms with Crippen LogP contribution < -0.4 is 17.0 Å². The lowest BCUT2D eigenvalue weighted by Gasteiger charge is -2.05. The standard InChI is InChI=1S/C8H12N2.CH5N/c1-6-4-3-5-8(10-9)7(6)2;1-2/h3-5,10H,9H2,1-2H3;2H2,1H3. The van der Waals surface area contributed by atoms with Gasteiger partial charge >= 0.3 is 0 Å². The van der Waals surface area contributed by atoms with E-state index in [0.717, 1.165) is 5.69 Å². The minimum Gasteiger partial charge on any atom is -0.333 e. The maximum absolute atomic E-state index is 5.27. The van der Waals surface area contributed by atoms with Gasteiger partial charge in [-0.2, -0.15) is 0 Å². The van der Waals surface area contributed by atoms with E-state index in [1.165, 1.54) is 18.2 Å². The summed E-state index contributed by atoms with van der Waals surface area (Å²) in [4.78, 5) is 0. The van der Waals surface area contributed by atoms with Crippen molar-refractivity contribution in [2.24, 2.45) is 11.6 Å². The van der Waals surface area contributed by atoms with Gasteiger partial charge in [-0.1, -0.05) is 12.1 Å². The average molecular weight is 167 g/mol. The van der Waals surface area contributed by atoms with Crippen LogP contribution in [0.2, 0.25) is 0 Å². The van der Waals surface area contributed by atoms with Gasteiger partial charge in [-0.05, 0) is 38.1 Å². The molecule has 0 bridgehead atoms. The van der Waals surface area contributed by atoms with Gasteiger partial charge in [0.25, 0.3) is 0 Å². The molecule has 0 radical (unpaired) electrons. The van der Waals surface area contributed by atoms with E-state index >= 15 is 0 Å². The van der Waals surface area contributed by atoms with Crippen molar-refractivity contribution in [2.75, 3.05) is 12.5 Å². The van der Waals surface area contributed by atoms with Gasteiger partial charge < -0.3 is 11.2 Å². The van der Waals surface area contributed by atoms with E-state index in [4.69, 9.17) is 5.84 Å². The lowest BCUT2D eigenvalue weighted by molar-refractivity contribution is 1.27. The van der Waals surface area contributed by atoms with Gasteiger partial charge in [0.2, 0.25) is 0 Å². The summed E-state index contributed by atoms with van der Waals surface area (Å²) in [6.45, 7) is 4.11. The summed E-state index contributed by atoms with van der Waals surface area (Å²) in [6.07, 6.45) is 0. The van der Waals surface area contributed by atoms with Crippen molar-refractivity contribution in [2.45, 2.75) is 13.8 Å². The van der Waals surface area contributed by atoms with E-state index in [1.54, 1.807) is 0 Å². The molecule has 3 heteroatoms. The quantitative estimate of drug-likeness (QED) is 0.434. The minimum absolute atomic E-state index is 1.00. The van der Waals surface area contributed by atoms with Crippen molar-refractivity contribution in [1.82, 2.24) is 0 Å². The van der Waals surface area contributed by atoms with Crippen LogP contribution in [0.4, 0.5) is 5.69 Å². The number of hydrazine groups is 1. The summed E-state index contributed by atoms with van der Waals surface area (Å²) in [7, 11) is 1.50. The largest absolute Gasteiger partial charge is 0.333 e. The van der Waals surface area contributed by atoms with E-state index in [0.29, 0.717) is 0 Å². The number of aryl methyl sites for hydroxylation is 1. The third-order valence-corrected chi connectivity index (χ3v) is 1.76. The van der Waals surface area contributed by atoms with Crippen molar-refractivity contribution in [3.63, 3.8) is 0 Å². The average Bonchev–Trinajstić information content (AvgIpc) is 2.13. The van der Waals surface area contributed by atoms with Crippen molar-refractivity contribution in [1.29, 1.82) is 0 Å². The number of hydrogen-bond donors (Lipinski definition) is 3. The fraction of sp³-hybridized carbons (Fsp3) is 0.333. The number of benzene rings is 1. The van der Waals surface area contributed by atoms with Gasteiger partial charge in [-0.25, -0.2) is 0 Å². The molecular formula is C9H17N3. The number of nitrogens with two attached hydrogens (primary N) is 2. The smallest absolute Gasteiger partial charge is 0.0516 e. The van der Waals surface area contributed by atoms with Crippen LogP contribution in [-0.2, 0) is 0 Å². The molecule has 3 nitrogen and oxygen atoms in total. The summed E-state index contributed by atoms with van der Waals surface area (Å²) in [5.74, 6) is 5.27. The molecule has 0 aliphatic heterocycles. The first-order chi connectivity index (χ1) is 5.75. The van der Waals surface area contributed by atoms with Gasteiger partial charge in [0.1, 0.15) is 0 Å². The SMILES string of the molecule is CN.Cc1cccc(NN)c1C. The molecule has 68 valence electrons. The number of rotatable bonds is 1. The molecule has 0 saturated carbocycles. The maximum atomic E-state index is 5.27. The second kappa shape index (κ2) is 5.57. The molecule has 0 atom stereocenters. The summed E-state index contributed by atoms with van der Waals surface area (Å²) in [5.41, 5.74) is 10.6. The Morgan fingerprint density at radius 1 is 1.17 bits per heavy atom. The molecule has 0 fully saturated rings. The highest BCUT2D eigenvalue weighted by molar-refractivity contribution is 5.52. The Morgan fingerprint density at radius 3 is 2.17 bits per heavy atom. The zero-order valence-corrected chi connectivity index (χ0v) is 7.89. The molecule has 5 N–H and O–H groups in total. The fourth-order valence-corrected chi connectivity index (χ4v) is 0.907. The lowest BCUT2D eigenvalue weighted by atomic mass is 10.1. The Balaban J connectivity index is 0.000000561. The van der Waals surface area contributed by atoms with Crippen molar-refractivity contribution in [3.8, 4) is 0 Å². The lowest BCUT2D eigenvalue weighted by Crippen LogP contribution is -2.08. The molecular weight excluding hydrogens is 150 g/mol. The molecule has 0 unspecified atom stereocenters. The Bertz CT molecular complexity index is 233. The van der Waals surface area contributed by atoms with Crippen LogP contribution in [0.15, 0.2) is 18.2 Å². The van der Waals surface area contributed by atoms with Gasteiger partial charge in [-0.15, -0.1) is 0 Å². The predicted octanol–water partition coefficient (Wildman–Crippen LogP) is 1.16. The van der Waals surface area contributed by atoms with Crippen LogP contribution in [0, 0.1) is 13.8 Å². The van der Waals surface area contributed by atoms with Crippen LogP contribution >= 0.6 is 0 Å². The molecule has 1 aromatic rings. The van der Waals surface area contributed by atoms with Crippen LogP contribution in [0.3, 0.4) is 0 Å². The molecule has 0 aromatic heterocycles. The second-order valence-electron chi connectivity index (χ2n) is 2.39. The van der Waals surface area contributed by atoms with Gasteiger partial charge in [0, 0.05) is 0 Å². The minimum atomic E-state index is 1.00. The first kappa shape index (κ1) is 10.9. The van der Waals surface area contributed by atoms with Crippen molar-refractivity contribution < 1.29 is 0 Å². The zero-order chi connectivity index (χ0) is 9.56. The molecule has 1 aromatic carbocycles. The molecule has 0 amide bonds. The Labute approximate surface area is 73.7 Å². The van der Waals surface area contributed by atoms with Crippen LogP contribution in [0.1, 0.15) is 11.1 Å². The molecule has 0 aliphatic carbocycles. The van der Waals surface area contributed by atoms with Crippen LogP contribution in [0.25, 0.3) is 0 Å². The van der Waals surface area contributed by atoms with Gasteiger partial charge in [0.05, 0.1) is 5.69 Å².